The second kappa shape index (κ2) is 8.35. The van der Waals surface area contributed by atoms with Gasteiger partial charge in [-0.15, -0.1) is 0 Å². The van der Waals surface area contributed by atoms with Gasteiger partial charge in [-0.2, -0.15) is 0 Å². The number of nitrogens with one attached hydrogen (secondary N) is 1. The van der Waals surface area contributed by atoms with Crippen LogP contribution in [0.2, 0.25) is 10.0 Å². The second-order valence-electron chi connectivity index (χ2n) is 3.82. The normalized spacial score (nSPS) is 10.4. The largest absolute Gasteiger partial charge is 0.466 e. The molecule has 5 heteroatoms. The monoisotopic (exact) mass is 289 g/mol. The van der Waals surface area contributed by atoms with E-state index in [1.165, 1.54) is 0 Å². The Morgan fingerprint density at radius 1 is 1.39 bits per heavy atom. The minimum Gasteiger partial charge on any atom is -0.466 e. The van der Waals surface area contributed by atoms with E-state index in [-0.39, 0.29) is 5.97 Å². The maximum Gasteiger partial charge on any atom is 0.305 e. The van der Waals surface area contributed by atoms with Gasteiger partial charge < -0.3 is 10.1 Å². The molecule has 0 saturated carbocycles. The van der Waals surface area contributed by atoms with Crippen LogP contribution in [0.1, 0.15) is 25.3 Å². The lowest BCUT2D eigenvalue weighted by molar-refractivity contribution is -0.143. The fraction of sp³-hybridized carbons (Fsp3) is 0.462. The van der Waals surface area contributed by atoms with E-state index in [0.717, 1.165) is 18.5 Å². The highest BCUT2D eigenvalue weighted by Gasteiger charge is 2.02. The first kappa shape index (κ1) is 15.3. The summed E-state index contributed by atoms with van der Waals surface area (Å²) in [4.78, 5) is 11.1. The summed E-state index contributed by atoms with van der Waals surface area (Å²) in [5.41, 5.74) is 0.959. The molecular weight excluding hydrogens is 273 g/mol. The molecule has 0 amide bonds. The lowest BCUT2D eigenvalue weighted by Crippen LogP contribution is -2.16. The first-order chi connectivity index (χ1) is 8.63. The van der Waals surface area contributed by atoms with Crippen LogP contribution in [0.15, 0.2) is 18.2 Å². The third kappa shape index (κ3) is 5.71. The molecule has 0 aliphatic rings. The summed E-state index contributed by atoms with van der Waals surface area (Å²) in [6.07, 6.45) is 1.18. The number of esters is 1. The Morgan fingerprint density at radius 3 is 2.89 bits per heavy atom. The minimum atomic E-state index is -0.153. The third-order valence-corrected chi connectivity index (χ3v) is 2.97. The van der Waals surface area contributed by atoms with Gasteiger partial charge >= 0.3 is 5.97 Å². The van der Waals surface area contributed by atoms with Crippen LogP contribution in [-0.4, -0.2) is 19.1 Å². The van der Waals surface area contributed by atoms with Crippen molar-refractivity contribution in [2.45, 2.75) is 26.3 Å². The van der Waals surface area contributed by atoms with E-state index in [1.807, 2.05) is 6.07 Å². The summed E-state index contributed by atoms with van der Waals surface area (Å²) < 4.78 is 4.84. The molecule has 3 nitrogen and oxygen atoms in total. The summed E-state index contributed by atoms with van der Waals surface area (Å²) in [5.74, 6) is -0.153. The van der Waals surface area contributed by atoms with E-state index in [4.69, 9.17) is 27.9 Å². The number of hydrogen-bond acceptors (Lipinski definition) is 3. The van der Waals surface area contributed by atoms with Crippen LogP contribution >= 0.6 is 23.2 Å². The topological polar surface area (TPSA) is 38.3 Å². The second-order valence-corrected chi connectivity index (χ2v) is 4.66. The van der Waals surface area contributed by atoms with Crippen molar-refractivity contribution in [1.29, 1.82) is 0 Å². The van der Waals surface area contributed by atoms with Gasteiger partial charge in [-0.05, 0) is 43.7 Å². The summed E-state index contributed by atoms with van der Waals surface area (Å²) >= 11 is 11.9. The van der Waals surface area contributed by atoms with Gasteiger partial charge in [0.15, 0.2) is 0 Å². The SMILES string of the molecule is CCOC(=O)CCCNCc1cc(Cl)ccc1Cl. The smallest absolute Gasteiger partial charge is 0.305 e. The maximum atomic E-state index is 11.1. The Balaban J connectivity index is 2.21. The summed E-state index contributed by atoms with van der Waals surface area (Å²) in [7, 11) is 0. The van der Waals surface area contributed by atoms with Gasteiger partial charge in [0, 0.05) is 23.0 Å². The first-order valence-electron chi connectivity index (χ1n) is 5.93. The van der Waals surface area contributed by atoms with Crippen molar-refractivity contribution >= 4 is 29.2 Å². The highest BCUT2D eigenvalue weighted by molar-refractivity contribution is 6.33. The number of benzene rings is 1. The standard InChI is InChI=1S/C13H17Cl2NO2/c1-2-18-13(17)4-3-7-16-9-10-8-11(14)5-6-12(10)15/h5-6,8,16H,2-4,7,9H2,1H3. The molecule has 1 aromatic carbocycles. The van der Waals surface area contributed by atoms with Crippen LogP contribution in [0.4, 0.5) is 0 Å². The van der Waals surface area contributed by atoms with Crippen molar-refractivity contribution in [3.05, 3.63) is 33.8 Å². The molecule has 0 bridgehead atoms. The maximum absolute atomic E-state index is 11.1. The van der Waals surface area contributed by atoms with Gasteiger partial charge in [-0.3, -0.25) is 4.79 Å². The lowest BCUT2D eigenvalue weighted by atomic mass is 10.2. The van der Waals surface area contributed by atoms with Crippen LogP contribution in [0.5, 0.6) is 0 Å². The molecule has 1 rings (SSSR count). The lowest BCUT2D eigenvalue weighted by Gasteiger charge is -2.07. The van der Waals surface area contributed by atoms with Gasteiger partial charge in [-0.1, -0.05) is 23.2 Å². The van der Waals surface area contributed by atoms with Crippen molar-refractivity contribution in [2.75, 3.05) is 13.2 Å². The molecule has 0 aliphatic heterocycles. The van der Waals surface area contributed by atoms with Crippen molar-refractivity contribution < 1.29 is 9.53 Å². The fourth-order valence-corrected chi connectivity index (χ4v) is 1.87. The zero-order valence-electron chi connectivity index (χ0n) is 10.3. The number of carbonyl (C=O) groups is 1. The summed E-state index contributed by atoms with van der Waals surface area (Å²) in [5, 5.41) is 4.58. The fourth-order valence-electron chi connectivity index (χ4n) is 1.49. The Bertz CT molecular complexity index is 397. The van der Waals surface area contributed by atoms with Gasteiger partial charge in [-0.25, -0.2) is 0 Å². The molecule has 100 valence electrons. The average Bonchev–Trinajstić information content (AvgIpc) is 2.33. The molecule has 0 aromatic heterocycles. The molecule has 18 heavy (non-hydrogen) atoms. The van der Waals surface area contributed by atoms with E-state index in [2.05, 4.69) is 5.32 Å². The van der Waals surface area contributed by atoms with Crippen molar-refractivity contribution in [3.63, 3.8) is 0 Å². The first-order valence-corrected chi connectivity index (χ1v) is 6.69. The molecule has 0 spiro atoms. The van der Waals surface area contributed by atoms with Crippen LogP contribution in [0.3, 0.4) is 0 Å². The van der Waals surface area contributed by atoms with Gasteiger partial charge in [0.2, 0.25) is 0 Å². The number of hydrogen-bond donors (Lipinski definition) is 1. The molecule has 0 saturated heterocycles. The van der Waals surface area contributed by atoms with E-state index >= 15 is 0 Å². The Hall–Kier alpha value is -0.770. The average molecular weight is 290 g/mol. The Morgan fingerprint density at radius 2 is 2.17 bits per heavy atom. The van der Waals surface area contributed by atoms with E-state index in [0.29, 0.717) is 29.6 Å². The summed E-state index contributed by atoms with van der Waals surface area (Å²) in [6.45, 7) is 3.62. The molecule has 0 aliphatic carbocycles. The zero-order valence-corrected chi connectivity index (χ0v) is 11.9. The highest BCUT2D eigenvalue weighted by atomic mass is 35.5. The molecule has 1 aromatic rings. The molecule has 0 heterocycles. The Kier molecular flexibility index (Phi) is 7.09. The van der Waals surface area contributed by atoms with Crippen LogP contribution in [-0.2, 0) is 16.1 Å². The molecular formula is C13H17Cl2NO2. The number of halogens is 2. The van der Waals surface area contributed by atoms with Gasteiger partial charge in [0.1, 0.15) is 0 Å². The Labute approximate surface area is 117 Å². The highest BCUT2D eigenvalue weighted by Crippen LogP contribution is 2.20. The number of rotatable bonds is 7. The van der Waals surface area contributed by atoms with Crippen molar-refractivity contribution in [3.8, 4) is 0 Å². The molecule has 0 atom stereocenters. The van der Waals surface area contributed by atoms with Crippen LogP contribution in [0.25, 0.3) is 0 Å². The van der Waals surface area contributed by atoms with Crippen molar-refractivity contribution in [2.24, 2.45) is 0 Å². The molecule has 0 unspecified atom stereocenters. The predicted octanol–water partition coefficient (Wildman–Crippen LogP) is 3.43. The minimum absolute atomic E-state index is 0.153. The van der Waals surface area contributed by atoms with Crippen molar-refractivity contribution in [1.82, 2.24) is 5.32 Å². The number of ether oxygens (including phenoxy) is 1. The van der Waals surface area contributed by atoms with E-state index in [9.17, 15) is 4.79 Å². The number of carbonyl (C=O) groups excluding carboxylic acids is 1. The van der Waals surface area contributed by atoms with Crippen LogP contribution < -0.4 is 5.32 Å². The third-order valence-electron chi connectivity index (χ3n) is 2.36. The van der Waals surface area contributed by atoms with Crippen LogP contribution in [0, 0.1) is 0 Å². The summed E-state index contributed by atoms with van der Waals surface area (Å²) in [6, 6.07) is 5.37. The molecule has 0 radical (unpaired) electrons. The van der Waals surface area contributed by atoms with Gasteiger partial charge in [0.25, 0.3) is 0 Å². The van der Waals surface area contributed by atoms with Gasteiger partial charge in [0.05, 0.1) is 6.61 Å². The van der Waals surface area contributed by atoms with E-state index in [1.54, 1.807) is 19.1 Å². The molecule has 0 fully saturated rings. The predicted molar refractivity (Wildman–Crippen MR) is 74.0 cm³/mol. The zero-order chi connectivity index (χ0) is 13.4. The molecule has 1 N–H and O–H groups in total. The quantitative estimate of drug-likeness (QED) is 0.617. The van der Waals surface area contributed by atoms with E-state index < -0.39 is 0 Å².